The highest BCUT2D eigenvalue weighted by Crippen LogP contribution is 2.32. The first-order valence-corrected chi connectivity index (χ1v) is 7.24. The number of aromatic amines is 1. The van der Waals surface area contributed by atoms with Gasteiger partial charge in [0.2, 0.25) is 0 Å². The third-order valence-electron chi connectivity index (χ3n) is 3.19. The summed E-state index contributed by atoms with van der Waals surface area (Å²) >= 11 is 11.5. The Balaban J connectivity index is 2.23. The molecule has 0 saturated carbocycles. The Morgan fingerprint density at radius 1 is 1.40 bits per heavy atom. The van der Waals surface area contributed by atoms with Crippen LogP contribution in [0, 0.1) is 4.64 Å². The predicted molar refractivity (Wildman–Crippen MR) is 83.6 cm³/mol. The van der Waals surface area contributed by atoms with Crippen LogP contribution in [0.5, 0.6) is 0 Å². The molecule has 0 radical (unpaired) electrons. The lowest BCUT2D eigenvalue weighted by molar-refractivity contribution is 0.626. The monoisotopic (exact) mass is 304 g/mol. The fourth-order valence-electron chi connectivity index (χ4n) is 2.28. The van der Waals surface area contributed by atoms with Crippen LogP contribution in [0.1, 0.15) is 18.9 Å². The van der Waals surface area contributed by atoms with E-state index in [0.717, 1.165) is 35.2 Å². The lowest BCUT2D eigenvalue weighted by Gasteiger charge is -2.05. The molecule has 0 fully saturated rings. The van der Waals surface area contributed by atoms with Crippen molar-refractivity contribution in [1.29, 1.82) is 0 Å². The number of halogens is 1. The van der Waals surface area contributed by atoms with Gasteiger partial charge in [-0.05, 0) is 18.6 Å². The number of nitrogens with one attached hydrogen (secondary N) is 1. The van der Waals surface area contributed by atoms with Crippen LogP contribution in [-0.4, -0.2) is 9.97 Å². The summed E-state index contributed by atoms with van der Waals surface area (Å²) in [6, 6.07) is 7.68. The summed E-state index contributed by atoms with van der Waals surface area (Å²) in [5, 5.41) is 1.59. The maximum Gasteiger partial charge on any atom is 0.153 e. The molecule has 0 aliphatic rings. The van der Waals surface area contributed by atoms with Gasteiger partial charge in [0.15, 0.2) is 11.3 Å². The number of benzene rings is 1. The Kier molecular flexibility index (Phi) is 3.59. The summed E-state index contributed by atoms with van der Waals surface area (Å²) in [5.41, 5.74) is 2.60. The molecule has 0 amide bonds. The molecule has 0 unspecified atom stereocenters. The van der Waals surface area contributed by atoms with E-state index < -0.39 is 0 Å². The molecule has 3 rings (SSSR count). The molecular weight excluding hydrogens is 292 g/mol. The molecule has 2 aromatic heterocycles. The van der Waals surface area contributed by atoms with Crippen molar-refractivity contribution in [3.05, 3.63) is 45.8 Å². The van der Waals surface area contributed by atoms with Crippen LogP contribution >= 0.6 is 23.8 Å². The topological polar surface area (TPSA) is 41.8 Å². The highest BCUT2D eigenvalue weighted by Gasteiger charge is 2.13. The molecule has 1 N–H and O–H groups in total. The Morgan fingerprint density at radius 3 is 3.00 bits per heavy atom. The molecule has 2 heterocycles. The molecule has 3 aromatic rings. The number of H-pyrrole nitrogens is 1. The Morgan fingerprint density at radius 2 is 2.25 bits per heavy atom. The fourth-order valence-corrected chi connectivity index (χ4v) is 2.76. The van der Waals surface area contributed by atoms with Crippen molar-refractivity contribution >= 4 is 34.8 Å². The van der Waals surface area contributed by atoms with Gasteiger partial charge in [0.05, 0.1) is 17.0 Å². The molecule has 0 atom stereocenters. The van der Waals surface area contributed by atoms with Crippen molar-refractivity contribution in [2.24, 2.45) is 0 Å². The van der Waals surface area contributed by atoms with Crippen LogP contribution in [0.2, 0.25) is 5.02 Å². The van der Waals surface area contributed by atoms with Crippen molar-refractivity contribution < 1.29 is 4.42 Å². The molecule has 1 aromatic carbocycles. The van der Waals surface area contributed by atoms with Gasteiger partial charge in [-0.25, -0.2) is 4.98 Å². The maximum absolute atomic E-state index is 6.15. The second-order valence-electron chi connectivity index (χ2n) is 4.58. The Bertz CT molecular complexity index is 822. The third-order valence-corrected chi connectivity index (χ3v) is 3.84. The molecule has 0 aliphatic carbocycles. The molecule has 0 saturated heterocycles. The Labute approximate surface area is 126 Å². The highest BCUT2D eigenvalue weighted by atomic mass is 35.5. The molecule has 102 valence electrons. The minimum atomic E-state index is 0.610. The van der Waals surface area contributed by atoms with E-state index in [1.165, 1.54) is 0 Å². The maximum atomic E-state index is 6.15. The van der Waals surface area contributed by atoms with Crippen LogP contribution < -0.4 is 0 Å². The number of para-hydroxylation sites is 1. The van der Waals surface area contributed by atoms with E-state index in [-0.39, 0.29) is 0 Å². The molecular formula is C15H13ClN2OS. The van der Waals surface area contributed by atoms with E-state index in [4.69, 9.17) is 28.2 Å². The number of rotatable bonds is 3. The average Bonchev–Trinajstić information content (AvgIpc) is 2.86. The average molecular weight is 305 g/mol. The number of hydrogen-bond acceptors (Lipinski definition) is 3. The molecule has 20 heavy (non-hydrogen) atoms. The number of furan rings is 1. The summed E-state index contributed by atoms with van der Waals surface area (Å²) in [6.07, 6.45) is 3.46. The fraction of sp³-hybridized carbons (Fsp3) is 0.200. The summed E-state index contributed by atoms with van der Waals surface area (Å²) in [7, 11) is 0. The number of fused-ring (bicyclic) bond motifs is 1. The van der Waals surface area contributed by atoms with Gasteiger partial charge in [0, 0.05) is 10.9 Å². The summed E-state index contributed by atoms with van der Waals surface area (Å²) in [6.45, 7) is 2.11. The second-order valence-corrected chi connectivity index (χ2v) is 5.37. The van der Waals surface area contributed by atoms with Crippen molar-refractivity contribution in [1.82, 2.24) is 9.97 Å². The first-order chi connectivity index (χ1) is 9.70. The summed E-state index contributed by atoms with van der Waals surface area (Å²) in [5.74, 6) is 0.741. The van der Waals surface area contributed by atoms with E-state index in [9.17, 15) is 0 Å². The van der Waals surface area contributed by atoms with Crippen molar-refractivity contribution in [3.63, 3.8) is 0 Å². The lowest BCUT2D eigenvalue weighted by atomic mass is 10.1. The number of aromatic nitrogens is 2. The smallest absolute Gasteiger partial charge is 0.153 e. The zero-order valence-electron chi connectivity index (χ0n) is 10.9. The molecule has 3 nitrogen and oxygen atoms in total. The van der Waals surface area contributed by atoms with E-state index in [1.54, 1.807) is 6.33 Å². The van der Waals surface area contributed by atoms with Crippen molar-refractivity contribution in [2.45, 2.75) is 19.8 Å². The largest absolute Gasteiger partial charge is 0.453 e. The van der Waals surface area contributed by atoms with Crippen molar-refractivity contribution in [3.8, 4) is 11.5 Å². The Hall–Kier alpha value is -1.65. The zero-order valence-corrected chi connectivity index (χ0v) is 12.5. The zero-order chi connectivity index (χ0) is 14.1. The van der Waals surface area contributed by atoms with Gasteiger partial charge in [0.1, 0.15) is 4.64 Å². The van der Waals surface area contributed by atoms with Gasteiger partial charge in [-0.1, -0.05) is 49.3 Å². The van der Waals surface area contributed by atoms with Crippen LogP contribution in [0.3, 0.4) is 0 Å². The van der Waals surface area contributed by atoms with Gasteiger partial charge < -0.3 is 9.40 Å². The van der Waals surface area contributed by atoms with Crippen molar-refractivity contribution in [2.75, 3.05) is 0 Å². The van der Waals surface area contributed by atoms with E-state index in [0.29, 0.717) is 15.2 Å². The van der Waals surface area contributed by atoms with Gasteiger partial charge in [-0.2, -0.15) is 0 Å². The third kappa shape index (κ3) is 2.25. The van der Waals surface area contributed by atoms with Crippen LogP contribution in [0.15, 0.2) is 35.0 Å². The lowest BCUT2D eigenvalue weighted by Crippen LogP contribution is -1.95. The quantitative estimate of drug-likeness (QED) is 0.680. The molecule has 0 aliphatic heterocycles. The van der Waals surface area contributed by atoms with E-state index >= 15 is 0 Å². The SMILES string of the molecule is CCCc1c(-c2cc3cccc(Cl)c3o2)[nH]cnc1=S. The first kappa shape index (κ1) is 13.3. The minimum Gasteiger partial charge on any atom is -0.453 e. The summed E-state index contributed by atoms with van der Waals surface area (Å²) < 4.78 is 6.51. The predicted octanol–water partition coefficient (Wildman–Crippen LogP) is 5.16. The van der Waals surface area contributed by atoms with Gasteiger partial charge in [0.25, 0.3) is 0 Å². The molecule has 0 spiro atoms. The first-order valence-electron chi connectivity index (χ1n) is 6.45. The van der Waals surface area contributed by atoms with E-state index in [1.807, 2.05) is 24.3 Å². The molecule has 5 heteroatoms. The van der Waals surface area contributed by atoms with E-state index in [2.05, 4.69) is 16.9 Å². The van der Waals surface area contributed by atoms with Gasteiger partial charge >= 0.3 is 0 Å². The molecule has 0 bridgehead atoms. The van der Waals surface area contributed by atoms with Crippen LogP contribution in [0.25, 0.3) is 22.4 Å². The van der Waals surface area contributed by atoms with Gasteiger partial charge in [-0.15, -0.1) is 0 Å². The van der Waals surface area contributed by atoms with Gasteiger partial charge in [-0.3, -0.25) is 0 Å². The second kappa shape index (κ2) is 5.38. The number of hydrogen-bond donors (Lipinski definition) is 1. The summed E-state index contributed by atoms with van der Waals surface area (Å²) in [4.78, 5) is 7.29. The normalized spacial score (nSPS) is 11.1. The standard InChI is InChI=1S/C15H13ClN2OS/c1-2-4-10-13(17-8-18-15(10)20)12-7-9-5-3-6-11(16)14(9)19-12/h3,5-8H,2,4H2,1H3,(H,17,18,20). The number of nitrogens with zero attached hydrogens (tertiary/aromatic N) is 1. The highest BCUT2D eigenvalue weighted by molar-refractivity contribution is 7.71. The minimum absolute atomic E-state index is 0.610. The van der Waals surface area contributed by atoms with Crippen LogP contribution in [0.4, 0.5) is 0 Å². The van der Waals surface area contributed by atoms with Crippen LogP contribution in [-0.2, 0) is 6.42 Å².